The van der Waals surface area contributed by atoms with Gasteiger partial charge in [-0.1, -0.05) is 20.8 Å². The Morgan fingerprint density at radius 1 is 1.31 bits per heavy atom. The van der Waals surface area contributed by atoms with Gasteiger partial charge < -0.3 is 10.2 Å². The number of amides is 1. The Bertz CT molecular complexity index is 363. The number of rotatable bonds is 2. The first-order valence-corrected chi connectivity index (χ1v) is 5.25. The number of hydrogen-bond acceptors (Lipinski definition) is 3. The Kier molecular flexibility index (Phi) is 3.52. The largest absolute Gasteiger partial charge is 0.363 e. The van der Waals surface area contributed by atoms with Crippen LogP contribution in [0.15, 0.2) is 18.3 Å². The van der Waals surface area contributed by atoms with E-state index in [0.717, 1.165) is 11.5 Å². The van der Waals surface area contributed by atoms with Gasteiger partial charge in [-0.3, -0.25) is 4.79 Å². The van der Waals surface area contributed by atoms with Crippen LogP contribution in [0.5, 0.6) is 0 Å². The van der Waals surface area contributed by atoms with Gasteiger partial charge in [0.1, 0.15) is 5.82 Å². The molecule has 16 heavy (non-hydrogen) atoms. The second-order valence-electron chi connectivity index (χ2n) is 5.00. The van der Waals surface area contributed by atoms with E-state index in [1.165, 1.54) is 0 Å². The van der Waals surface area contributed by atoms with E-state index in [1.807, 2.05) is 51.9 Å². The molecule has 1 heterocycles. The van der Waals surface area contributed by atoms with Crippen LogP contribution in [0.3, 0.4) is 0 Å². The zero-order valence-corrected chi connectivity index (χ0v) is 10.5. The zero-order chi connectivity index (χ0) is 12.3. The molecule has 0 aliphatic rings. The molecular formula is C12H19N3O. The molecule has 0 saturated heterocycles. The molecule has 1 amide bonds. The molecule has 4 heteroatoms. The van der Waals surface area contributed by atoms with Gasteiger partial charge in [0.25, 0.3) is 0 Å². The molecule has 0 unspecified atom stereocenters. The van der Waals surface area contributed by atoms with E-state index in [4.69, 9.17) is 0 Å². The maximum absolute atomic E-state index is 11.7. The van der Waals surface area contributed by atoms with E-state index in [1.54, 1.807) is 6.20 Å². The molecule has 0 saturated carbocycles. The lowest BCUT2D eigenvalue weighted by Gasteiger charge is -2.18. The standard InChI is InChI=1S/C12H19N3O/c1-12(2,3)11(16)14-9-6-7-10(13-8-9)15(4)5/h6-8H,1-5H3,(H,14,16). The normalized spacial score (nSPS) is 11.1. The van der Waals surface area contributed by atoms with Crippen LogP contribution in [0, 0.1) is 5.41 Å². The van der Waals surface area contributed by atoms with E-state index < -0.39 is 0 Å². The van der Waals surface area contributed by atoms with Crippen molar-refractivity contribution in [2.45, 2.75) is 20.8 Å². The second-order valence-corrected chi connectivity index (χ2v) is 5.00. The van der Waals surface area contributed by atoms with Crippen molar-refractivity contribution in [3.63, 3.8) is 0 Å². The highest BCUT2D eigenvalue weighted by atomic mass is 16.2. The van der Waals surface area contributed by atoms with E-state index in [-0.39, 0.29) is 11.3 Å². The van der Waals surface area contributed by atoms with Gasteiger partial charge in [-0.25, -0.2) is 4.98 Å². The number of anilines is 2. The van der Waals surface area contributed by atoms with Gasteiger partial charge in [-0.05, 0) is 12.1 Å². The van der Waals surface area contributed by atoms with Crippen molar-refractivity contribution in [1.82, 2.24) is 4.98 Å². The molecule has 1 aromatic rings. The Balaban J connectivity index is 2.73. The van der Waals surface area contributed by atoms with Crippen LogP contribution in [0.1, 0.15) is 20.8 Å². The maximum Gasteiger partial charge on any atom is 0.229 e. The zero-order valence-electron chi connectivity index (χ0n) is 10.5. The summed E-state index contributed by atoms with van der Waals surface area (Å²) in [6.07, 6.45) is 1.67. The molecule has 1 aromatic heterocycles. The van der Waals surface area contributed by atoms with Gasteiger partial charge in [0, 0.05) is 19.5 Å². The lowest BCUT2D eigenvalue weighted by atomic mass is 9.96. The minimum Gasteiger partial charge on any atom is -0.363 e. The smallest absolute Gasteiger partial charge is 0.229 e. The predicted octanol–water partition coefficient (Wildman–Crippen LogP) is 2.13. The van der Waals surface area contributed by atoms with Crippen molar-refractivity contribution in [3.8, 4) is 0 Å². The molecule has 0 aliphatic heterocycles. The van der Waals surface area contributed by atoms with Crippen molar-refractivity contribution >= 4 is 17.4 Å². The quantitative estimate of drug-likeness (QED) is 0.832. The lowest BCUT2D eigenvalue weighted by molar-refractivity contribution is -0.123. The summed E-state index contributed by atoms with van der Waals surface area (Å²) in [7, 11) is 3.85. The summed E-state index contributed by atoms with van der Waals surface area (Å²) in [6, 6.07) is 3.73. The maximum atomic E-state index is 11.7. The molecule has 0 aromatic carbocycles. The third-order valence-corrected chi connectivity index (χ3v) is 2.15. The van der Waals surface area contributed by atoms with Gasteiger partial charge in [0.05, 0.1) is 11.9 Å². The Labute approximate surface area is 96.7 Å². The topological polar surface area (TPSA) is 45.2 Å². The average Bonchev–Trinajstić information content (AvgIpc) is 2.17. The Morgan fingerprint density at radius 2 is 1.94 bits per heavy atom. The van der Waals surface area contributed by atoms with E-state index in [0.29, 0.717) is 0 Å². The van der Waals surface area contributed by atoms with Crippen molar-refractivity contribution in [2.24, 2.45) is 5.41 Å². The molecule has 0 radical (unpaired) electrons. The number of pyridine rings is 1. The minimum atomic E-state index is -0.389. The first-order valence-electron chi connectivity index (χ1n) is 5.25. The highest BCUT2D eigenvalue weighted by Gasteiger charge is 2.21. The molecule has 0 bridgehead atoms. The Hall–Kier alpha value is -1.58. The highest BCUT2D eigenvalue weighted by molar-refractivity contribution is 5.94. The van der Waals surface area contributed by atoms with Crippen molar-refractivity contribution in [2.75, 3.05) is 24.3 Å². The summed E-state index contributed by atoms with van der Waals surface area (Å²) < 4.78 is 0. The number of carbonyl (C=O) groups excluding carboxylic acids is 1. The van der Waals surface area contributed by atoms with Crippen LogP contribution in [0.25, 0.3) is 0 Å². The number of aromatic nitrogens is 1. The fraction of sp³-hybridized carbons (Fsp3) is 0.500. The SMILES string of the molecule is CN(C)c1ccc(NC(=O)C(C)(C)C)cn1. The molecule has 0 aliphatic carbocycles. The number of hydrogen-bond donors (Lipinski definition) is 1. The molecule has 4 nitrogen and oxygen atoms in total. The summed E-state index contributed by atoms with van der Waals surface area (Å²) in [5.41, 5.74) is 0.339. The third-order valence-electron chi connectivity index (χ3n) is 2.15. The van der Waals surface area contributed by atoms with E-state index in [2.05, 4.69) is 10.3 Å². The van der Waals surface area contributed by atoms with Gasteiger partial charge in [-0.15, -0.1) is 0 Å². The predicted molar refractivity (Wildman–Crippen MR) is 66.6 cm³/mol. The van der Waals surface area contributed by atoms with Crippen LogP contribution in [0.2, 0.25) is 0 Å². The fourth-order valence-corrected chi connectivity index (χ4v) is 1.04. The van der Waals surface area contributed by atoms with Gasteiger partial charge >= 0.3 is 0 Å². The average molecular weight is 221 g/mol. The van der Waals surface area contributed by atoms with E-state index >= 15 is 0 Å². The van der Waals surface area contributed by atoms with Crippen LogP contribution in [0.4, 0.5) is 11.5 Å². The van der Waals surface area contributed by atoms with Gasteiger partial charge in [0.2, 0.25) is 5.91 Å². The van der Waals surface area contributed by atoms with Gasteiger partial charge in [-0.2, -0.15) is 0 Å². The van der Waals surface area contributed by atoms with Crippen molar-refractivity contribution < 1.29 is 4.79 Å². The highest BCUT2D eigenvalue weighted by Crippen LogP contribution is 2.18. The van der Waals surface area contributed by atoms with Gasteiger partial charge in [0.15, 0.2) is 0 Å². The van der Waals surface area contributed by atoms with Crippen molar-refractivity contribution in [3.05, 3.63) is 18.3 Å². The van der Waals surface area contributed by atoms with Crippen LogP contribution in [-0.2, 0) is 4.79 Å². The third kappa shape index (κ3) is 3.22. The Morgan fingerprint density at radius 3 is 2.31 bits per heavy atom. The minimum absolute atomic E-state index is 0.00750. The molecular weight excluding hydrogens is 202 g/mol. The first-order chi connectivity index (χ1) is 7.30. The lowest BCUT2D eigenvalue weighted by Crippen LogP contribution is -2.27. The van der Waals surface area contributed by atoms with Crippen LogP contribution < -0.4 is 10.2 Å². The van der Waals surface area contributed by atoms with Crippen molar-refractivity contribution in [1.29, 1.82) is 0 Å². The van der Waals surface area contributed by atoms with Crippen LogP contribution in [-0.4, -0.2) is 25.0 Å². The molecule has 0 fully saturated rings. The molecule has 88 valence electrons. The van der Waals surface area contributed by atoms with Crippen LogP contribution >= 0.6 is 0 Å². The fourth-order valence-electron chi connectivity index (χ4n) is 1.04. The molecule has 1 rings (SSSR count). The number of nitrogens with one attached hydrogen (secondary N) is 1. The summed E-state index contributed by atoms with van der Waals surface area (Å²) in [6.45, 7) is 5.64. The summed E-state index contributed by atoms with van der Waals surface area (Å²) in [5, 5.41) is 2.83. The van der Waals surface area contributed by atoms with E-state index in [9.17, 15) is 4.79 Å². The monoisotopic (exact) mass is 221 g/mol. The number of nitrogens with zero attached hydrogens (tertiary/aromatic N) is 2. The molecule has 1 N–H and O–H groups in total. The first kappa shape index (κ1) is 12.5. The molecule has 0 spiro atoms. The molecule has 0 atom stereocenters. The summed E-state index contributed by atoms with van der Waals surface area (Å²) >= 11 is 0. The second kappa shape index (κ2) is 4.51. The number of carbonyl (C=O) groups is 1. The summed E-state index contributed by atoms with van der Waals surface area (Å²) in [5.74, 6) is 0.862. The summed E-state index contributed by atoms with van der Waals surface area (Å²) in [4.78, 5) is 17.8.